The third-order valence-electron chi connectivity index (χ3n) is 6.72. The van der Waals surface area contributed by atoms with E-state index in [9.17, 15) is 4.79 Å². The number of rotatable bonds is 18. The number of unbranched alkanes of at least 4 members (excludes halogenated alkanes) is 7. The lowest BCUT2D eigenvalue weighted by Crippen LogP contribution is -2.11. The minimum atomic E-state index is -0.382. The van der Waals surface area contributed by atoms with Crippen LogP contribution in [0.3, 0.4) is 0 Å². The number of allylic oxidation sites excluding steroid dienone is 1. The fourth-order valence-electron chi connectivity index (χ4n) is 4.38. The maximum atomic E-state index is 12.7. The number of benzene rings is 3. The fraction of sp³-hybridized carbons (Fsp3) is 0.400. The van der Waals surface area contributed by atoms with Crippen molar-refractivity contribution in [3.8, 4) is 28.4 Å². The van der Waals surface area contributed by atoms with Gasteiger partial charge >= 0.3 is 5.97 Å². The average Bonchev–Trinajstić information content (AvgIpc) is 2.96. The van der Waals surface area contributed by atoms with Gasteiger partial charge in [0, 0.05) is 0 Å². The molecule has 0 fully saturated rings. The summed E-state index contributed by atoms with van der Waals surface area (Å²) in [6.07, 6.45) is 13.9. The lowest BCUT2D eigenvalue weighted by Gasteiger charge is -2.15. The van der Waals surface area contributed by atoms with Gasteiger partial charge in [-0.15, -0.1) is 6.58 Å². The van der Waals surface area contributed by atoms with Gasteiger partial charge in [-0.1, -0.05) is 69.4 Å². The second kappa shape index (κ2) is 17.1. The van der Waals surface area contributed by atoms with Crippen molar-refractivity contribution in [2.24, 2.45) is 0 Å². The highest BCUT2D eigenvalue weighted by Crippen LogP contribution is 2.25. The highest BCUT2D eigenvalue weighted by Gasteiger charge is 2.10. The molecule has 0 aromatic heterocycles. The molecule has 3 rings (SSSR count). The van der Waals surface area contributed by atoms with Crippen LogP contribution in [0.4, 0.5) is 0 Å². The molecular weight excluding hydrogens is 484 g/mol. The SMILES string of the molecule is C=CCCCCCCOc1ccc(-c2ccc(C(=O)Oc3ccc(O[C@@H](C)CCCCCC)cc3)cc2)cc1. The summed E-state index contributed by atoms with van der Waals surface area (Å²) >= 11 is 0. The van der Waals surface area contributed by atoms with Crippen LogP contribution >= 0.6 is 0 Å². The summed E-state index contributed by atoms with van der Waals surface area (Å²) in [5, 5.41) is 0. The van der Waals surface area contributed by atoms with Crippen molar-refractivity contribution >= 4 is 5.97 Å². The van der Waals surface area contributed by atoms with Gasteiger partial charge in [0.05, 0.1) is 18.3 Å². The molecule has 3 aromatic carbocycles. The molecule has 0 bridgehead atoms. The summed E-state index contributed by atoms with van der Waals surface area (Å²) < 4.78 is 17.4. The molecule has 0 aliphatic carbocycles. The first-order valence-corrected chi connectivity index (χ1v) is 14.5. The van der Waals surface area contributed by atoms with Gasteiger partial charge in [0.15, 0.2) is 0 Å². The Balaban J connectivity index is 1.43. The third-order valence-corrected chi connectivity index (χ3v) is 6.72. The normalized spacial score (nSPS) is 11.5. The highest BCUT2D eigenvalue weighted by atomic mass is 16.5. The summed E-state index contributed by atoms with van der Waals surface area (Å²) in [4.78, 5) is 12.7. The molecule has 0 saturated carbocycles. The van der Waals surface area contributed by atoms with Gasteiger partial charge < -0.3 is 14.2 Å². The van der Waals surface area contributed by atoms with Crippen molar-refractivity contribution in [2.45, 2.75) is 84.2 Å². The Morgan fingerprint density at radius 3 is 2.00 bits per heavy atom. The Morgan fingerprint density at radius 1 is 0.744 bits per heavy atom. The van der Waals surface area contributed by atoms with Gasteiger partial charge in [-0.25, -0.2) is 4.79 Å². The van der Waals surface area contributed by atoms with E-state index in [2.05, 4.69) is 20.4 Å². The lowest BCUT2D eigenvalue weighted by molar-refractivity contribution is 0.0734. The molecule has 0 amide bonds. The topological polar surface area (TPSA) is 44.8 Å². The molecule has 0 aliphatic rings. The number of ether oxygens (including phenoxy) is 3. The van der Waals surface area contributed by atoms with Gasteiger partial charge in [0.2, 0.25) is 0 Å². The monoisotopic (exact) mass is 528 g/mol. The van der Waals surface area contributed by atoms with Crippen molar-refractivity contribution in [1.29, 1.82) is 0 Å². The summed E-state index contributed by atoms with van der Waals surface area (Å²) in [5.74, 6) is 1.79. The number of carbonyl (C=O) groups excluding carboxylic acids is 1. The van der Waals surface area contributed by atoms with Gasteiger partial charge in [-0.05, 0) is 98.7 Å². The Morgan fingerprint density at radius 2 is 1.33 bits per heavy atom. The number of hydrogen-bond donors (Lipinski definition) is 0. The van der Waals surface area contributed by atoms with Crippen LogP contribution in [0.2, 0.25) is 0 Å². The summed E-state index contributed by atoms with van der Waals surface area (Å²) in [5.41, 5.74) is 2.61. The van der Waals surface area contributed by atoms with Crippen LogP contribution < -0.4 is 14.2 Å². The van der Waals surface area contributed by atoms with E-state index in [0.29, 0.717) is 11.3 Å². The number of carbonyl (C=O) groups is 1. The summed E-state index contributed by atoms with van der Waals surface area (Å²) in [6, 6.07) is 22.8. The first-order chi connectivity index (χ1) is 19.1. The van der Waals surface area contributed by atoms with Crippen LogP contribution in [0, 0.1) is 0 Å². The van der Waals surface area contributed by atoms with Crippen molar-refractivity contribution in [3.63, 3.8) is 0 Å². The van der Waals surface area contributed by atoms with Gasteiger partial charge in [-0.3, -0.25) is 0 Å². The van der Waals surface area contributed by atoms with Gasteiger partial charge in [0.25, 0.3) is 0 Å². The van der Waals surface area contributed by atoms with E-state index >= 15 is 0 Å². The predicted octanol–water partition coefficient (Wildman–Crippen LogP) is 9.83. The van der Waals surface area contributed by atoms with E-state index in [1.807, 2.05) is 54.6 Å². The molecular formula is C35H44O4. The second-order valence-electron chi connectivity index (χ2n) is 10.1. The Labute approximate surface area is 235 Å². The number of hydrogen-bond acceptors (Lipinski definition) is 4. The molecule has 0 unspecified atom stereocenters. The van der Waals surface area contributed by atoms with E-state index in [1.54, 1.807) is 24.3 Å². The molecule has 0 radical (unpaired) electrons. The first kappa shape index (κ1) is 30.0. The van der Waals surface area contributed by atoms with E-state index in [0.717, 1.165) is 48.5 Å². The van der Waals surface area contributed by atoms with Gasteiger partial charge in [0.1, 0.15) is 17.2 Å². The third kappa shape index (κ3) is 11.0. The standard InChI is InChI=1S/C35H44O4/c1-4-6-8-10-11-13-27-37-32-21-19-30(20-22-32)29-15-17-31(18-16-29)35(36)39-34-25-23-33(24-26-34)38-28(3)14-12-9-7-5-2/h4,15-26,28H,1,5-14,27H2,2-3H3/t28-/m0/s1. The van der Waals surface area contributed by atoms with Crippen LogP contribution in [0.25, 0.3) is 11.1 Å². The summed E-state index contributed by atoms with van der Waals surface area (Å²) in [7, 11) is 0. The zero-order valence-electron chi connectivity index (χ0n) is 23.7. The minimum absolute atomic E-state index is 0.167. The Bertz CT molecular complexity index is 1100. The molecule has 1 atom stereocenters. The molecule has 0 saturated heterocycles. The zero-order chi connectivity index (χ0) is 27.7. The largest absolute Gasteiger partial charge is 0.494 e. The van der Waals surface area contributed by atoms with Crippen LogP contribution in [-0.4, -0.2) is 18.7 Å². The fourth-order valence-corrected chi connectivity index (χ4v) is 4.38. The van der Waals surface area contributed by atoms with E-state index < -0.39 is 0 Å². The smallest absolute Gasteiger partial charge is 0.343 e. The van der Waals surface area contributed by atoms with Crippen LogP contribution in [0.1, 0.15) is 88.4 Å². The van der Waals surface area contributed by atoms with Crippen LogP contribution in [-0.2, 0) is 0 Å². The molecule has 4 nitrogen and oxygen atoms in total. The molecule has 4 heteroatoms. The molecule has 0 heterocycles. The van der Waals surface area contributed by atoms with E-state index in [4.69, 9.17) is 14.2 Å². The van der Waals surface area contributed by atoms with Crippen molar-refractivity contribution in [2.75, 3.05) is 6.61 Å². The molecule has 0 N–H and O–H groups in total. The van der Waals surface area contributed by atoms with Crippen LogP contribution in [0.15, 0.2) is 85.5 Å². The minimum Gasteiger partial charge on any atom is -0.494 e. The van der Waals surface area contributed by atoms with Crippen molar-refractivity contribution < 1.29 is 19.0 Å². The van der Waals surface area contributed by atoms with Crippen LogP contribution in [0.5, 0.6) is 17.2 Å². The molecule has 39 heavy (non-hydrogen) atoms. The van der Waals surface area contributed by atoms with E-state index in [-0.39, 0.29) is 12.1 Å². The predicted molar refractivity (Wildman–Crippen MR) is 161 cm³/mol. The highest BCUT2D eigenvalue weighted by molar-refractivity contribution is 5.91. The molecule has 208 valence electrons. The van der Waals surface area contributed by atoms with Crippen molar-refractivity contribution in [1.82, 2.24) is 0 Å². The Hall–Kier alpha value is -3.53. The molecule has 0 aliphatic heterocycles. The quantitative estimate of drug-likeness (QED) is 0.0713. The first-order valence-electron chi connectivity index (χ1n) is 14.5. The zero-order valence-corrected chi connectivity index (χ0v) is 23.7. The second-order valence-corrected chi connectivity index (χ2v) is 10.1. The van der Waals surface area contributed by atoms with E-state index in [1.165, 1.54) is 44.9 Å². The average molecular weight is 529 g/mol. The molecule has 3 aromatic rings. The van der Waals surface area contributed by atoms with Crippen molar-refractivity contribution in [3.05, 3.63) is 91.0 Å². The Kier molecular flexibility index (Phi) is 13.2. The maximum Gasteiger partial charge on any atom is 0.343 e. The maximum absolute atomic E-state index is 12.7. The lowest BCUT2D eigenvalue weighted by atomic mass is 10.0. The number of esters is 1. The molecule has 0 spiro atoms. The van der Waals surface area contributed by atoms with Gasteiger partial charge in [-0.2, -0.15) is 0 Å². The summed E-state index contributed by atoms with van der Waals surface area (Å²) in [6.45, 7) is 8.81.